The second-order valence-corrected chi connectivity index (χ2v) is 6.82. The zero-order chi connectivity index (χ0) is 21.3. The minimum Gasteiger partial charge on any atom is -0.355 e. The molecule has 3 aromatic rings. The molecule has 0 radical (unpaired) electrons. The van der Waals surface area contributed by atoms with Gasteiger partial charge in [-0.25, -0.2) is 4.68 Å². The van der Waals surface area contributed by atoms with Gasteiger partial charge in [0.15, 0.2) is 5.96 Å². The molecular weight excluding hydrogens is 378 g/mol. The number of rotatable bonds is 7. The molecular formula is C22H27N7O. The van der Waals surface area contributed by atoms with E-state index in [9.17, 15) is 4.79 Å². The van der Waals surface area contributed by atoms with Gasteiger partial charge < -0.3 is 16.0 Å². The van der Waals surface area contributed by atoms with E-state index in [2.05, 4.69) is 49.2 Å². The highest BCUT2D eigenvalue weighted by atomic mass is 16.1. The number of carbonyl (C=O) groups excluding carboxylic acids is 1. The lowest BCUT2D eigenvalue weighted by atomic mass is 10.1. The highest BCUT2D eigenvalue weighted by Crippen LogP contribution is 2.16. The molecule has 0 aliphatic rings. The van der Waals surface area contributed by atoms with Crippen LogP contribution in [-0.2, 0) is 6.54 Å². The average molecular weight is 406 g/mol. The highest BCUT2D eigenvalue weighted by molar-refractivity contribution is 5.93. The van der Waals surface area contributed by atoms with E-state index in [4.69, 9.17) is 0 Å². The van der Waals surface area contributed by atoms with Crippen molar-refractivity contribution in [1.29, 1.82) is 0 Å². The van der Waals surface area contributed by atoms with Gasteiger partial charge in [0, 0.05) is 44.8 Å². The number of aromatic nitrogens is 3. The summed E-state index contributed by atoms with van der Waals surface area (Å²) in [7, 11) is 1.72. The van der Waals surface area contributed by atoms with Crippen LogP contribution in [0.5, 0.6) is 0 Å². The molecule has 8 nitrogen and oxygen atoms in total. The van der Waals surface area contributed by atoms with Crippen LogP contribution in [0.4, 0.5) is 0 Å². The Labute approximate surface area is 176 Å². The lowest BCUT2D eigenvalue weighted by molar-refractivity contribution is 0.0954. The predicted molar refractivity (Wildman–Crippen MR) is 118 cm³/mol. The van der Waals surface area contributed by atoms with Crippen LogP contribution in [0.1, 0.15) is 27.3 Å². The van der Waals surface area contributed by atoms with Crippen molar-refractivity contribution in [2.24, 2.45) is 4.99 Å². The number of benzene rings is 1. The molecule has 0 saturated carbocycles. The van der Waals surface area contributed by atoms with Crippen LogP contribution in [-0.4, -0.2) is 46.8 Å². The Bertz CT molecular complexity index is 1010. The molecule has 0 fully saturated rings. The first-order chi connectivity index (χ1) is 14.6. The zero-order valence-corrected chi connectivity index (χ0v) is 17.5. The average Bonchev–Trinajstić information content (AvgIpc) is 3.11. The van der Waals surface area contributed by atoms with Crippen molar-refractivity contribution in [3.8, 4) is 5.69 Å². The summed E-state index contributed by atoms with van der Waals surface area (Å²) in [5.41, 5.74) is 4.76. The van der Waals surface area contributed by atoms with E-state index in [0.717, 1.165) is 22.6 Å². The number of amides is 1. The van der Waals surface area contributed by atoms with Crippen molar-refractivity contribution in [3.63, 3.8) is 0 Å². The van der Waals surface area contributed by atoms with Crippen LogP contribution in [0.15, 0.2) is 59.9 Å². The van der Waals surface area contributed by atoms with E-state index < -0.39 is 0 Å². The molecule has 156 valence electrons. The molecule has 0 atom stereocenters. The van der Waals surface area contributed by atoms with Crippen LogP contribution in [0.3, 0.4) is 0 Å². The molecule has 8 heteroatoms. The lowest BCUT2D eigenvalue weighted by Crippen LogP contribution is -2.41. The number of nitrogens with zero attached hydrogens (tertiary/aromatic N) is 4. The maximum atomic E-state index is 12.0. The molecule has 0 saturated heterocycles. The Kier molecular flexibility index (Phi) is 7.15. The minimum absolute atomic E-state index is 0.147. The molecule has 0 unspecified atom stereocenters. The van der Waals surface area contributed by atoms with Gasteiger partial charge >= 0.3 is 0 Å². The van der Waals surface area contributed by atoms with Gasteiger partial charge in [0.1, 0.15) is 0 Å². The maximum absolute atomic E-state index is 12.0. The van der Waals surface area contributed by atoms with E-state index in [0.29, 0.717) is 31.2 Å². The third kappa shape index (κ3) is 5.44. The number of nitrogens with one attached hydrogen (secondary N) is 3. The molecule has 2 aromatic heterocycles. The fourth-order valence-corrected chi connectivity index (χ4v) is 3.10. The summed E-state index contributed by atoms with van der Waals surface area (Å²) in [4.78, 5) is 20.2. The summed E-state index contributed by atoms with van der Waals surface area (Å²) in [5.74, 6) is 0.514. The summed E-state index contributed by atoms with van der Waals surface area (Å²) >= 11 is 0. The number of pyridine rings is 1. The summed E-state index contributed by atoms with van der Waals surface area (Å²) in [6.45, 7) is 5.64. The summed E-state index contributed by atoms with van der Waals surface area (Å²) in [5, 5.41) is 14.0. The van der Waals surface area contributed by atoms with E-state index in [1.807, 2.05) is 30.7 Å². The number of hydrogen-bond donors (Lipinski definition) is 3. The third-order valence-corrected chi connectivity index (χ3v) is 4.53. The number of para-hydroxylation sites is 1. The molecule has 3 N–H and O–H groups in total. The summed E-state index contributed by atoms with van der Waals surface area (Å²) < 4.78 is 1.95. The van der Waals surface area contributed by atoms with Gasteiger partial charge in [-0.3, -0.25) is 14.8 Å². The SMILES string of the molecule is CN=C(NCCNC(=O)c1cccnc1)NCc1ccccc1-n1nc(C)cc1C. The van der Waals surface area contributed by atoms with E-state index in [1.54, 1.807) is 31.6 Å². The van der Waals surface area contributed by atoms with Crippen molar-refractivity contribution in [1.82, 2.24) is 30.7 Å². The first-order valence-corrected chi connectivity index (χ1v) is 9.83. The predicted octanol–water partition coefficient (Wildman–Crippen LogP) is 1.98. The zero-order valence-electron chi connectivity index (χ0n) is 17.5. The topological polar surface area (TPSA) is 96.2 Å². The van der Waals surface area contributed by atoms with Crippen LogP contribution in [0.25, 0.3) is 5.69 Å². The monoisotopic (exact) mass is 405 g/mol. The van der Waals surface area contributed by atoms with Gasteiger partial charge in [0.25, 0.3) is 5.91 Å². The van der Waals surface area contributed by atoms with E-state index >= 15 is 0 Å². The quantitative estimate of drug-likeness (QED) is 0.317. The highest BCUT2D eigenvalue weighted by Gasteiger charge is 2.09. The number of guanidine groups is 1. The van der Waals surface area contributed by atoms with Crippen molar-refractivity contribution >= 4 is 11.9 Å². The largest absolute Gasteiger partial charge is 0.355 e. The molecule has 0 bridgehead atoms. The van der Waals surface area contributed by atoms with Crippen molar-refractivity contribution in [3.05, 3.63) is 77.4 Å². The molecule has 1 amide bonds. The van der Waals surface area contributed by atoms with Gasteiger partial charge in [0.2, 0.25) is 0 Å². The molecule has 0 aliphatic heterocycles. The van der Waals surface area contributed by atoms with Crippen molar-refractivity contribution < 1.29 is 4.79 Å². The summed E-state index contributed by atoms with van der Waals surface area (Å²) in [6.07, 6.45) is 3.19. The van der Waals surface area contributed by atoms with Gasteiger partial charge in [-0.15, -0.1) is 0 Å². The smallest absolute Gasteiger partial charge is 0.252 e. The minimum atomic E-state index is -0.147. The first-order valence-electron chi connectivity index (χ1n) is 9.83. The van der Waals surface area contributed by atoms with E-state index in [-0.39, 0.29) is 5.91 Å². The molecule has 3 rings (SSSR count). The maximum Gasteiger partial charge on any atom is 0.252 e. The second-order valence-electron chi connectivity index (χ2n) is 6.82. The van der Waals surface area contributed by atoms with Crippen molar-refractivity contribution in [2.75, 3.05) is 20.1 Å². The van der Waals surface area contributed by atoms with Gasteiger partial charge in [-0.2, -0.15) is 5.10 Å². The Hall–Kier alpha value is -3.68. The third-order valence-electron chi connectivity index (χ3n) is 4.53. The van der Waals surface area contributed by atoms with Gasteiger partial charge in [-0.1, -0.05) is 18.2 Å². The molecule has 30 heavy (non-hydrogen) atoms. The molecule has 0 spiro atoms. The van der Waals surface area contributed by atoms with Gasteiger partial charge in [0.05, 0.1) is 16.9 Å². The normalized spacial score (nSPS) is 11.2. The van der Waals surface area contributed by atoms with Crippen LogP contribution in [0, 0.1) is 13.8 Å². The van der Waals surface area contributed by atoms with Crippen LogP contribution >= 0.6 is 0 Å². The molecule has 2 heterocycles. The van der Waals surface area contributed by atoms with Crippen LogP contribution < -0.4 is 16.0 Å². The number of aliphatic imine (C=N–C) groups is 1. The van der Waals surface area contributed by atoms with E-state index in [1.165, 1.54) is 0 Å². The first kappa shape index (κ1) is 21.0. The molecule has 1 aromatic carbocycles. The summed E-state index contributed by atoms with van der Waals surface area (Å²) in [6, 6.07) is 13.7. The standard InChI is InChI=1S/C22H27N7O/c1-16-13-17(2)29(28-16)20-9-5-4-7-18(20)15-27-22(23-3)26-12-11-25-21(30)19-8-6-10-24-14-19/h4-10,13-14H,11-12,15H2,1-3H3,(H,25,30)(H2,23,26,27). The number of aryl methyl sites for hydroxylation is 2. The fourth-order valence-electron chi connectivity index (χ4n) is 3.10. The second kappa shape index (κ2) is 10.2. The van der Waals surface area contributed by atoms with Gasteiger partial charge in [-0.05, 0) is 43.7 Å². The Balaban J connectivity index is 1.52. The Morgan fingerprint density at radius 3 is 2.57 bits per heavy atom. The Morgan fingerprint density at radius 2 is 1.87 bits per heavy atom. The van der Waals surface area contributed by atoms with Crippen molar-refractivity contribution in [2.45, 2.75) is 20.4 Å². The fraction of sp³-hybridized carbons (Fsp3) is 0.273. The molecule has 0 aliphatic carbocycles. The van der Waals surface area contributed by atoms with Crippen LogP contribution in [0.2, 0.25) is 0 Å². The lowest BCUT2D eigenvalue weighted by Gasteiger charge is -2.15. The number of hydrogen-bond acceptors (Lipinski definition) is 4. The Morgan fingerprint density at radius 1 is 1.07 bits per heavy atom. The number of carbonyl (C=O) groups is 1.